The van der Waals surface area contributed by atoms with E-state index in [9.17, 15) is 4.79 Å². The van der Waals surface area contributed by atoms with Gasteiger partial charge in [-0.25, -0.2) is 0 Å². The minimum absolute atomic E-state index is 0. The SMILES string of the molecule is CN=C(NCCNC(=O)CC1CCCCC1)N1CCC(COC)C1.I. The highest BCUT2D eigenvalue weighted by atomic mass is 127. The number of methoxy groups -OCH3 is 1. The second kappa shape index (κ2) is 12.7. The van der Waals surface area contributed by atoms with E-state index in [4.69, 9.17) is 4.74 Å². The molecule has 0 aromatic heterocycles. The normalized spacial score (nSPS) is 21.8. The van der Waals surface area contributed by atoms with Gasteiger partial charge in [-0.3, -0.25) is 9.79 Å². The van der Waals surface area contributed by atoms with Gasteiger partial charge in [0, 0.05) is 52.7 Å². The summed E-state index contributed by atoms with van der Waals surface area (Å²) in [5.41, 5.74) is 0. The standard InChI is InChI=1S/C18H34N4O2.HI/c1-19-18(22-11-8-16(13-22)14-24-2)21-10-9-20-17(23)12-15-6-4-3-5-7-15;/h15-16H,3-14H2,1-2H3,(H,19,21)(H,20,23);1H. The van der Waals surface area contributed by atoms with E-state index in [1.54, 1.807) is 7.11 Å². The van der Waals surface area contributed by atoms with Crippen LogP contribution in [0, 0.1) is 11.8 Å². The number of hydrogen-bond acceptors (Lipinski definition) is 3. The molecule has 1 atom stereocenters. The van der Waals surface area contributed by atoms with Gasteiger partial charge in [-0.2, -0.15) is 0 Å². The summed E-state index contributed by atoms with van der Waals surface area (Å²) in [6, 6.07) is 0. The predicted molar refractivity (Wildman–Crippen MR) is 113 cm³/mol. The zero-order chi connectivity index (χ0) is 17.2. The van der Waals surface area contributed by atoms with Crippen molar-refractivity contribution in [1.29, 1.82) is 0 Å². The lowest BCUT2D eigenvalue weighted by molar-refractivity contribution is -0.122. The summed E-state index contributed by atoms with van der Waals surface area (Å²) in [6.07, 6.45) is 8.19. The molecule has 146 valence electrons. The van der Waals surface area contributed by atoms with Crippen LogP contribution >= 0.6 is 24.0 Å². The molecule has 1 heterocycles. The molecule has 2 rings (SSSR count). The van der Waals surface area contributed by atoms with Gasteiger partial charge in [0.2, 0.25) is 5.91 Å². The van der Waals surface area contributed by atoms with E-state index >= 15 is 0 Å². The average molecular weight is 466 g/mol. The number of nitrogens with zero attached hydrogens (tertiary/aromatic N) is 2. The molecule has 1 unspecified atom stereocenters. The molecule has 0 radical (unpaired) electrons. The lowest BCUT2D eigenvalue weighted by atomic mass is 9.87. The van der Waals surface area contributed by atoms with Gasteiger partial charge in [-0.15, -0.1) is 24.0 Å². The lowest BCUT2D eigenvalue weighted by Gasteiger charge is -2.22. The Morgan fingerprint density at radius 2 is 1.84 bits per heavy atom. The van der Waals surface area contributed by atoms with Crippen LogP contribution in [0.1, 0.15) is 44.9 Å². The van der Waals surface area contributed by atoms with Crippen molar-refractivity contribution in [2.45, 2.75) is 44.9 Å². The van der Waals surface area contributed by atoms with Crippen LogP contribution in [-0.2, 0) is 9.53 Å². The summed E-state index contributed by atoms with van der Waals surface area (Å²) in [5, 5.41) is 6.39. The van der Waals surface area contributed by atoms with Gasteiger partial charge >= 0.3 is 0 Å². The highest BCUT2D eigenvalue weighted by Gasteiger charge is 2.24. The van der Waals surface area contributed by atoms with Crippen molar-refractivity contribution >= 4 is 35.8 Å². The minimum atomic E-state index is 0. The third-order valence-corrected chi connectivity index (χ3v) is 5.13. The molecule has 2 aliphatic rings. The van der Waals surface area contributed by atoms with Gasteiger partial charge in [0.05, 0.1) is 6.61 Å². The van der Waals surface area contributed by atoms with Gasteiger partial charge in [0.1, 0.15) is 0 Å². The van der Waals surface area contributed by atoms with Crippen molar-refractivity contribution in [3.05, 3.63) is 0 Å². The van der Waals surface area contributed by atoms with E-state index < -0.39 is 0 Å². The molecule has 25 heavy (non-hydrogen) atoms. The molecule has 0 spiro atoms. The van der Waals surface area contributed by atoms with Gasteiger partial charge < -0.3 is 20.3 Å². The number of aliphatic imine (C=N–C) groups is 1. The number of likely N-dealkylation sites (tertiary alicyclic amines) is 1. The first-order chi connectivity index (χ1) is 11.7. The van der Waals surface area contributed by atoms with Crippen LogP contribution in [0.5, 0.6) is 0 Å². The van der Waals surface area contributed by atoms with Crippen LogP contribution < -0.4 is 10.6 Å². The molecule has 0 aromatic carbocycles. The average Bonchev–Trinajstić information content (AvgIpc) is 3.04. The number of rotatable bonds is 7. The first-order valence-electron chi connectivity index (χ1n) is 9.44. The van der Waals surface area contributed by atoms with Crippen molar-refractivity contribution < 1.29 is 9.53 Å². The summed E-state index contributed by atoms with van der Waals surface area (Å²) in [4.78, 5) is 18.6. The summed E-state index contributed by atoms with van der Waals surface area (Å²) < 4.78 is 5.24. The Hall–Kier alpha value is -0.570. The topological polar surface area (TPSA) is 66.0 Å². The van der Waals surface area contributed by atoms with Gasteiger partial charge in [-0.1, -0.05) is 19.3 Å². The van der Waals surface area contributed by atoms with E-state index in [0.29, 0.717) is 31.3 Å². The van der Waals surface area contributed by atoms with Crippen molar-refractivity contribution in [2.75, 3.05) is 46.9 Å². The number of halogens is 1. The zero-order valence-electron chi connectivity index (χ0n) is 15.8. The van der Waals surface area contributed by atoms with Crippen LogP contribution in [-0.4, -0.2) is 63.7 Å². The van der Waals surface area contributed by atoms with Crippen molar-refractivity contribution in [2.24, 2.45) is 16.8 Å². The fourth-order valence-electron chi connectivity index (χ4n) is 3.83. The Balaban J connectivity index is 0.00000312. The second-order valence-corrected chi connectivity index (χ2v) is 7.09. The van der Waals surface area contributed by atoms with Crippen molar-refractivity contribution in [3.8, 4) is 0 Å². The molecule has 1 saturated carbocycles. The van der Waals surface area contributed by atoms with E-state index in [1.807, 2.05) is 7.05 Å². The predicted octanol–water partition coefficient (Wildman–Crippen LogP) is 2.23. The maximum Gasteiger partial charge on any atom is 0.220 e. The number of amides is 1. The van der Waals surface area contributed by atoms with Crippen LogP contribution in [0.25, 0.3) is 0 Å². The van der Waals surface area contributed by atoms with E-state index in [0.717, 1.165) is 32.1 Å². The monoisotopic (exact) mass is 466 g/mol. The molecule has 2 fully saturated rings. The summed E-state index contributed by atoms with van der Waals surface area (Å²) in [6.45, 7) is 4.18. The lowest BCUT2D eigenvalue weighted by Crippen LogP contribution is -2.43. The number of ether oxygens (including phenoxy) is 1. The molecule has 7 heteroatoms. The molecule has 2 N–H and O–H groups in total. The molecular formula is C18H35IN4O2. The largest absolute Gasteiger partial charge is 0.384 e. The van der Waals surface area contributed by atoms with Gasteiger partial charge in [-0.05, 0) is 25.2 Å². The van der Waals surface area contributed by atoms with Crippen LogP contribution in [0.4, 0.5) is 0 Å². The first kappa shape index (κ1) is 22.5. The zero-order valence-corrected chi connectivity index (χ0v) is 18.1. The molecule has 1 aliphatic heterocycles. The molecule has 1 aliphatic carbocycles. The maximum atomic E-state index is 12.0. The molecule has 6 nitrogen and oxygen atoms in total. The number of nitrogens with one attached hydrogen (secondary N) is 2. The Labute approximate surface area is 169 Å². The molecule has 1 saturated heterocycles. The smallest absolute Gasteiger partial charge is 0.220 e. The quantitative estimate of drug-likeness (QED) is 0.262. The van der Waals surface area contributed by atoms with Crippen LogP contribution in [0.2, 0.25) is 0 Å². The number of guanidine groups is 1. The molecule has 0 aromatic rings. The first-order valence-corrected chi connectivity index (χ1v) is 9.44. The summed E-state index contributed by atoms with van der Waals surface area (Å²) in [5.74, 6) is 2.31. The number of hydrogen-bond donors (Lipinski definition) is 2. The summed E-state index contributed by atoms with van der Waals surface area (Å²) in [7, 11) is 3.57. The van der Waals surface area contributed by atoms with Crippen molar-refractivity contribution in [3.63, 3.8) is 0 Å². The summed E-state index contributed by atoms with van der Waals surface area (Å²) >= 11 is 0. The fraction of sp³-hybridized carbons (Fsp3) is 0.889. The Kier molecular flexibility index (Phi) is 11.4. The second-order valence-electron chi connectivity index (χ2n) is 7.09. The highest BCUT2D eigenvalue weighted by molar-refractivity contribution is 14.0. The van der Waals surface area contributed by atoms with Gasteiger partial charge in [0.15, 0.2) is 5.96 Å². The Morgan fingerprint density at radius 3 is 2.52 bits per heavy atom. The van der Waals surface area contributed by atoms with Gasteiger partial charge in [0.25, 0.3) is 0 Å². The third kappa shape index (κ3) is 8.11. The molecule has 0 bridgehead atoms. The van der Waals surface area contributed by atoms with Crippen LogP contribution in [0.3, 0.4) is 0 Å². The Bertz CT molecular complexity index is 414. The maximum absolute atomic E-state index is 12.0. The third-order valence-electron chi connectivity index (χ3n) is 5.13. The highest BCUT2D eigenvalue weighted by Crippen LogP contribution is 2.25. The molecular weight excluding hydrogens is 431 g/mol. The van der Waals surface area contributed by atoms with Crippen LogP contribution in [0.15, 0.2) is 4.99 Å². The van der Waals surface area contributed by atoms with Crippen molar-refractivity contribution in [1.82, 2.24) is 15.5 Å². The van der Waals surface area contributed by atoms with E-state index in [2.05, 4.69) is 20.5 Å². The van der Waals surface area contributed by atoms with E-state index in [1.165, 1.54) is 32.1 Å². The fourth-order valence-corrected chi connectivity index (χ4v) is 3.83. The minimum Gasteiger partial charge on any atom is -0.384 e. The number of carbonyl (C=O) groups is 1. The number of carbonyl (C=O) groups excluding carboxylic acids is 1. The van der Waals surface area contributed by atoms with E-state index in [-0.39, 0.29) is 29.9 Å². The Morgan fingerprint density at radius 1 is 1.12 bits per heavy atom. The molecule has 1 amide bonds.